The van der Waals surface area contributed by atoms with Gasteiger partial charge in [-0.15, -0.1) is 0 Å². The van der Waals surface area contributed by atoms with Gasteiger partial charge < -0.3 is 24.2 Å². The second-order valence-electron chi connectivity index (χ2n) is 7.47. The summed E-state index contributed by atoms with van der Waals surface area (Å²) in [4.78, 5) is 6.56. The SMILES string of the molecule is COc1cc(-c2noc(CNc3ccccc3N(C)Cc3ccccc3)n2)ccc1OC(F)F. The van der Waals surface area contributed by atoms with Gasteiger partial charge in [-0.25, -0.2) is 0 Å². The van der Waals surface area contributed by atoms with Crippen LogP contribution in [0.25, 0.3) is 11.4 Å². The maximum absolute atomic E-state index is 12.5. The van der Waals surface area contributed by atoms with Crippen molar-refractivity contribution in [3.63, 3.8) is 0 Å². The summed E-state index contributed by atoms with van der Waals surface area (Å²) in [5, 5.41) is 7.35. The molecule has 0 bridgehead atoms. The number of benzene rings is 3. The van der Waals surface area contributed by atoms with Gasteiger partial charge in [-0.05, 0) is 35.9 Å². The molecule has 4 aromatic rings. The van der Waals surface area contributed by atoms with E-state index in [1.54, 1.807) is 6.07 Å². The van der Waals surface area contributed by atoms with E-state index in [0.29, 0.717) is 23.8 Å². The Morgan fingerprint density at radius 3 is 2.53 bits per heavy atom. The molecule has 9 heteroatoms. The lowest BCUT2D eigenvalue weighted by Gasteiger charge is -2.23. The second-order valence-corrected chi connectivity index (χ2v) is 7.47. The highest BCUT2D eigenvalue weighted by Gasteiger charge is 2.15. The Labute approximate surface area is 195 Å². The van der Waals surface area contributed by atoms with E-state index in [1.165, 1.54) is 24.8 Å². The zero-order valence-corrected chi connectivity index (χ0v) is 18.7. The van der Waals surface area contributed by atoms with Crippen LogP contribution in [0.1, 0.15) is 11.5 Å². The average Bonchev–Trinajstić information content (AvgIpc) is 3.32. The van der Waals surface area contributed by atoms with E-state index < -0.39 is 6.61 Å². The first-order valence-electron chi connectivity index (χ1n) is 10.6. The van der Waals surface area contributed by atoms with Gasteiger partial charge in [0.15, 0.2) is 11.5 Å². The van der Waals surface area contributed by atoms with E-state index in [4.69, 9.17) is 9.26 Å². The fourth-order valence-corrected chi connectivity index (χ4v) is 3.51. The maximum atomic E-state index is 12.5. The number of nitrogens with one attached hydrogen (secondary N) is 1. The lowest BCUT2D eigenvalue weighted by Crippen LogP contribution is -2.18. The molecule has 1 heterocycles. The van der Waals surface area contributed by atoms with E-state index >= 15 is 0 Å². The molecule has 0 spiro atoms. The molecule has 0 unspecified atom stereocenters. The third-order valence-electron chi connectivity index (χ3n) is 5.11. The minimum atomic E-state index is -2.95. The summed E-state index contributed by atoms with van der Waals surface area (Å²) < 4.78 is 40.1. The molecule has 176 valence electrons. The summed E-state index contributed by atoms with van der Waals surface area (Å²) in [6.07, 6.45) is 0. The van der Waals surface area contributed by atoms with Crippen molar-refractivity contribution < 1.29 is 22.8 Å². The summed E-state index contributed by atoms with van der Waals surface area (Å²) in [7, 11) is 3.41. The van der Waals surface area contributed by atoms with E-state index in [9.17, 15) is 8.78 Å². The van der Waals surface area contributed by atoms with Crippen molar-refractivity contribution in [3.05, 3.63) is 84.3 Å². The largest absolute Gasteiger partial charge is 0.493 e. The Morgan fingerprint density at radius 2 is 1.76 bits per heavy atom. The second kappa shape index (κ2) is 10.7. The molecule has 1 N–H and O–H groups in total. The molecule has 7 nitrogen and oxygen atoms in total. The van der Waals surface area contributed by atoms with Crippen molar-refractivity contribution in [2.45, 2.75) is 19.7 Å². The first-order chi connectivity index (χ1) is 16.5. The number of halogens is 2. The fraction of sp³-hybridized carbons (Fsp3) is 0.200. The topological polar surface area (TPSA) is 72.7 Å². The summed E-state index contributed by atoms with van der Waals surface area (Å²) in [6.45, 7) is -1.87. The summed E-state index contributed by atoms with van der Waals surface area (Å²) in [5.41, 5.74) is 3.72. The highest BCUT2D eigenvalue weighted by molar-refractivity contribution is 5.69. The molecule has 4 rings (SSSR count). The Kier molecular flexibility index (Phi) is 7.22. The smallest absolute Gasteiger partial charge is 0.387 e. The first kappa shape index (κ1) is 23.0. The van der Waals surface area contributed by atoms with Gasteiger partial charge in [-0.3, -0.25) is 0 Å². The van der Waals surface area contributed by atoms with Gasteiger partial charge in [0.25, 0.3) is 0 Å². The molecule has 0 aliphatic heterocycles. The Morgan fingerprint density at radius 1 is 1.00 bits per heavy atom. The molecule has 0 radical (unpaired) electrons. The highest BCUT2D eigenvalue weighted by Crippen LogP contribution is 2.33. The molecule has 0 amide bonds. The van der Waals surface area contributed by atoms with Crippen molar-refractivity contribution in [2.75, 3.05) is 24.4 Å². The number of aromatic nitrogens is 2. The van der Waals surface area contributed by atoms with Gasteiger partial charge in [0.1, 0.15) is 0 Å². The molecule has 34 heavy (non-hydrogen) atoms. The number of hydrogen-bond donors (Lipinski definition) is 1. The number of methoxy groups -OCH3 is 1. The molecular formula is C25H24F2N4O3. The van der Waals surface area contributed by atoms with Crippen LogP contribution in [-0.2, 0) is 13.1 Å². The molecule has 0 aliphatic carbocycles. The van der Waals surface area contributed by atoms with Gasteiger partial charge >= 0.3 is 6.61 Å². The van der Waals surface area contributed by atoms with Crippen molar-refractivity contribution >= 4 is 11.4 Å². The number of ether oxygens (including phenoxy) is 2. The quantitative estimate of drug-likeness (QED) is 0.326. The van der Waals surface area contributed by atoms with Crippen LogP contribution in [0.4, 0.5) is 20.2 Å². The van der Waals surface area contributed by atoms with Gasteiger partial charge in [0.2, 0.25) is 11.7 Å². The number of rotatable bonds is 10. The number of alkyl halides is 2. The lowest BCUT2D eigenvalue weighted by molar-refractivity contribution is -0.0512. The zero-order valence-electron chi connectivity index (χ0n) is 18.7. The Balaban J connectivity index is 1.45. The summed E-state index contributed by atoms with van der Waals surface area (Å²) in [5.74, 6) is 0.774. The summed E-state index contributed by atoms with van der Waals surface area (Å²) in [6, 6.07) is 22.7. The van der Waals surface area contributed by atoms with Gasteiger partial charge in [0, 0.05) is 19.2 Å². The molecule has 0 atom stereocenters. The third kappa shape index (κ3) is 5.61. The van der Waals surface area contributed by atoms with Crippen LogP contribution < -0.4 is 19.7 Å². The fourth-order valence-electron chi connectivity index (χ4n) is 3.51. The van der Waals surface area contributed by atoms with Crippen LogP contribution in [0.2, 0.25) is 0 Å². The molecule has 3 aromatic carbocycles. The van der Waals surface area contributed by atoms with E-state index in [1.807, 2.05) is 49.5 Å². The van der Waals surface area contributed by atoms with Crippen molar-refractivity contribution in [1.29, 1.82) is 0 Å². The number of hydrogen-bond acceptors (Lipinski definition) is 7. The summed E-state index contributed by atoms with van der Waals surface area (Å²) >= 11 is 0. The Hall–Kier alpha value is -4.14. The first-order valence-corrected chi connectivity index (χ1v) is 10.6. The Bertz CT molecular complexity index is 1220. The number of para-hydroxylation sites is 2. The molecule has 0 fully saturated rings. The number of nitrogens with zero attached hydrogens (tertiary/aromatic N) is 3. The van der Waals surface area contributed by atoms with Crippen molar-refractivity contribution in [3.8, 4) is 22.9 Å². The van der Waals surface area contributed by atoms with Gasteiger partial charge in [0.05, 0.1) is 25.0 Å². The predicted octanol–water partition coefficient (Wildman–Crippen LogP) is 5.60. The van der Waals surface area contributed by atoms with Gasteiger partial charge in [-0.2, -0.15) is 13.8 Å². The number of anilines is 2. The minimum absolute atomic E-state index is 0.0668. The van der Waals surface area contributed by atoms with Crippen molar-refractivity contribution in [1.82, 2.24) is 10.1 Å². The van der Waals surface area contributed by atoms with E-state index in [2.05, 4.69) is 37.2 Å². The minimum Gasteiger partial charge on any atom is -0.493 e. The average molecular weight is 466 g/mol. The van der Waals surface area contributed by atoms with E-state index in [0.717, 1.165) is 17.9 Å². The van der Waals surface area contributed by atoms with Gasteiger partial charge in [-0.1, -0.05) is 47.6 Å². The van der Waals surface area contributed by atoms with Crippen LogP contribution in [0, 0.1) is 0 Å². The van der Waals surface area contributed by atoms with Crippen LogP contribution >= 0.6 is 0 Å². The van der Waals surface area contributed by atoms with E-state index in [-0.39, 0.29) is 11.5 Å². The highest BCUT2D eigenvalue weighted by atomic mass is 19.3. The lowest BCUT2D eigenvalue weighted by atomic mass is 10.2. The standard InChI is InChI=1S/C25H24F2N4O3/c1-31(16-17-8-4-3-5-9-17)20-11-7-6-10-19(20)28-15-23-29-24(30-34-23)18-12-13-21(33-25(26)27)22(14-18)32-2/h3-14,25,28H,15-16H2,1-2H3. The molecule has 0 saturated heterocycles. The van der Waals surface area contributed by atoms with Crippen LogP contribution in [0.5, 0.6) is 11.5 Å². The molecular weight excluding hydrogens is 442 g/mol. The molecule has 0 aliphatic rings. The molecule has 0 saturated carbocycles. The third-order valence-corrected chi connectivity index (χ3v) is 5.11. The van der Waals surface area contributed by atoms with Crippen LogP contribution in [-0.4, -0.2) is 30.9 Å². The van der Waals surface area contributed by atoms with Crippen LogP contribution in [0.15, 0.2) is 77.3 Å². The zero-order chi connectivity index (χ0) is 23.9. The van der Waals surface area contributed by atoms with Crippen LogP contribution in [0.3, 0.4) is 0 Å². The maximum Gasteiger partial charge on any atom is 0.387 e. The van der Waals surface area contributed by atoms with Crippen molar-refractivity contribution in [2.24, 2.45) is 0 Å². The normalized spacial score (nSPS) is 10.9. The monoisotopic (exact) mass is 466 g/mol. The predicted molar refractivity (Wildman–Crippen MR) is 125 cm³/mol. The molecule has 1 aromatic heterocycles.